The maximum Gasteiger partial charge on any atom is 0.257 e. The number of methoxy groups -OCH3 is 1. The summed E-state index contributed by atoms with van der Waals surface area (Å²) < 4.78 is 5.99. The third-order valence-corrected chi connectivity index (χ3v) is 3.40. The molecule has 0 saturated heterocycles. The number of ether oxygens (including phenoxy) is 1. The first-order valence-electron chi connectivity index (χ1n) is 5.71. The quantitative estimate of drug-likeness (QED) is 0.820. The fraction of sp³-hybridized carbons (Fsp3) is 0.0714. The number of nitrogen functional groups attached to an aromatic ring is 1. The fourth-order valence-electron chi connectivity index (χ4n) is 1.71. The first kappa shape index (κ1) is 14.7. The zero-order chi connectivity index (χ0) is 14.7. The number of anilines is 2. The van der Waals surface area contributed by atoms with E-state index in [2.05, 4.69) is 21.2 Å². The molecular weight excluding hydrogens is 344 g/mol. The number of rotatable bonds is 3. The summed E-state index contributed by atoms with van der Waals surface area (Å²) in [5.74, 6) is 0.203. The molecule has 2 rings (SSSR count). The highest BCUT2D eigenvalue weighted by atomic mass is 79.9. The number of amides is 1. The number of carbonyl (C=O) groups is 1. The number of nitrogens with two attached hydrogens (primary N) is 1. The van der Waals surface area contributed by atoms with Crippen molar-refractivity contribution in [3.05, 3.63) is 51.5 Å². The van der Waals surface area contributed by atoms with Gasteiger partial charge in [-0.1, -0.05) is 27.5 Å². The van der Waals surface area contributed by atoms with Crippen LogP contribution in [-0.2, 0) is 0 Å². The minimum Gasteiger partial charge on any atom is -0.495 e. The Morgan fingerprint density at radius 3 is 2.70 bits per heavy atom. The average Bonchev–Trinajstić information content (AvgIpc) is 2.38. The van der Waals surface area contributed by atoms with Gasteiger partial charge < -0.3 is 15.8 Å². The molecule has 0 heterocycles. The number of benzene rings is 2. The van der Waals surface area contributed by atoms with Crippen molar-refractivity contribution in [2.24, 2.45) is 0 Å². The second kappa shape index (κ2) is 6.15. The van der Waals surface area contributed by atoms with Crippen molar-refractivity contribution in [3.63, 3.8) is 0 Å². The Morgan fingerprint density at radius 2 is 2.05 bits per heavy atom. The summed E-state index contributed by atoms with van der Waals surface area (Å²) in [4.78, 5) is 12.2. The molecule has 2 aromatic carbocycles. The molecule has 3 N–H and O–H groups in total. The average molecular weight is 356 g/mol. The van der Waals surface area contributed by atoms with Crippen LogP contribution in [0.4, 0.5) is 11.4 Å². The van der Waals surface area contributed by atoms with E-state index in [-0.39, 0.29) is 5.91 Å². The van der Waals surface area contributed by atoms with E-state index in [1.807, 2.05) is 0 Å². The van der Waals surface area contributed by atoms with E-state index in [1.54, 1.807) is 36.4 Å². The van der Waals surface area contributed by atoms with Gasteiger partial charge in [0.25, 0.3) is 5.91 Å². The second-order valence-electron chi connectivity index (χ2n) is 4.03. The smallest absolute Gasteiger partial charge is 0.257 e. The van der Waals surface area contributed by atoms with Crippen LogP contribution in [0, 0.1) is 0 Å². The zero-order valence-corrected chi connectivity index (χ0v) is 13.0. The molecule has 0 aliphatic heterocycles. The number of nitrogens with one attached hydrogen (secondary N) is 1. The van der Waals surface area contributed by atoms with Gasteiger partial charge in [-0.15, -0.1) is 0 Å². The lowest BCUT2D eigenvalue weighted by molar-refractivity contribution is 0.102. The van der Waals surface area contributed by atoms with Gasteiger partial charge in [-0.2, -0.15) is 0 Å². The van der Waals surface area contributed by atoms with E-state index >= 15 is 0 Å². The molecule has 1 amide bonds. The summed E-state index contributed by atoms with van der Waals surface area (Å²) in [6, 6.07) is 10.1. The predicted octanol–water partition coefficient (Wildman–Crippen LogP) is 3.95. The monoisotopic (exact) mass is 354 g/mol. The molecule has 0 atom stereocenters. The number of hydrogen-bond donors (Lipinski definition) is 2. The molecule has 0 saturated carbocycles. The number of halogens is 2. The van der Waals surface area contributed by atoms with Gasteiger partial charge in [-0.3, -0.25) is 4.79 Å². The first-order chi connectivity index (χ1) is 9.51. The molecule has 0 aromatic heterocycles. The maximum absolute atomic E-state index is 12.2. The Kier molecular flexibility index (Phi) is 4.52. The molecule has 0 aliphatic carbocycles. The highest BCUT2D eigenvalue weighted by molar-refractivity contribution is 9.10. The van der Waals surface area contributed by atoms with Crippen molar-refractivity contribution in [1.82, 2.24) is 0 Å². The van der Waals surface area contributed by atoms with Gasteiger partial charge in [-0.25, -0.2) is 0 Å². The molecule has 2 aromatic rings. The zero-order valence-electron chi connectivity index (χ0n) is 10.6. The Hall–Kier alpha value is -1.72. The van der Waals surface area contributed by atoms with Crippen molar-refractivity contribution in [3.8, 4) is 5.75 Å². The minimum atomic E-state index is -0.324. The van der Waals surface area contributed by atoms with Gasteiger partial charge in [0.1, 0.15) is 5.75 Å². The first-order valence-corrected chi connectivity index (χ1v) is 6.88. The van der Waals surface area contributed by atoms with Gasteiger partial charge in [0.2, 0.25) is 0 Å². The molecule has 4 nitrogen and oxygen atoms in total. The van der Waals surface area contributed by atoms with E-state index in [9.17, 15) is 4.79 Å². The van der Waals surface area contributed by atoms with E-state index in [1.165, 1.54) is 7.11 Å². The van der Waals surface area contributed by atoms with Crippen LogP contribution in [0.5, 0.6) is 5.75 Å². The highest BCUT2D eigenvalue weighted by Crippen LogP contribution is 2.28. The summed E-state index contributed by atoms with van der Waals surface area (Å²) in [5.41, 5.74) is 7.09. The lowest BCUT2D eigenvalue weighted by atomic mass is 10.1. The Balaban J connectivity index is 2.30. The summed E-state index contributed by atoms with van der Waals surface area (Å²) >= 11 is 9.21. The van der Waals surface area contributed by atoms with Crippen LogP contribution in [0.15, 0.2) is 40.9 Å². The fourth-order valence-corrected chi connectivity index (χ4v) is 2.26. The Bertz CT molecular complexity index is 662. The van der Waals surface area contributed by atoms with Gasteiger partial charge in [0, 0.05) is 15.2 Å². The van der Waals surface area contributed by atoms with E-state index in [0.717, 1.165) is 4.47 Å². The summed E-state index contributed by atoms with van der Waals surface area (Å²) in [6.07, 6.45) is 0. The van der Waals surface area contributed by atoms with Crippen molar-refractivity contribution < 1.29 is 9.53 Å². The topological polar surface area (TPSA) is 64.3 Å². The molecule has 104 valence electrons. The van der Waals surface area contributed by atoms with Crippen molar-refractivity contribution >= 4 is 44.8 Å². The van der Waals surface area contributed by atoms with Gasteiger partial charge >= 0.3 is 0 Å². The van der Waals surface area contributed by atoms with E-state index in [0.29, 0.717) is 27.7 Å². The Labute approximate surface area is 130 Å². The van der Waals surface area contributed by atoms with Crippen LogP contribution in [0.3, 0.4) is 0 Å². The molecular formula is C14H12BrClN2O2. The lowest BCUT2D eigenvalue weighted by Crippen LogP contribution is -2.14. The van der Waals surface area contributed by atoms with Crippen molar-refractivity contribution in [2.75, 3.05) is 18.2 Å². The second-order valence-corrected chi connectivity index (χ2v) is 5.38. The molecule has 20 heavy (non-hydrogen) atoms. The molecule has 0 fully saturated rings. The molecule has 0 radical (unpaired) electrons. The molecule has 0 unspecified atom stereocenters. The maximum atomic E-state index is 12.2. The van der Waals surface area contributed by atoms with Crippen LogP contribution in [0.25, 0.3) is 0 Å². The number of carbonyl (C=O) groups excluding carboxylic acids is 1. The van der Waals surface area contributed by atoms with Gasteiger partial charge in [0.05, 0.1) is 18.4 Å². The lowest BCUT2D eigenvalue weighted by Gasteiger charge is -2.11. The minimum absolute atomic E-state index is 0.324. The highest BCUT2D eigenvalue weighted by Gasteiger charge is 2.13. The van der Waals surface area contributed by atoms with Crippen molar-refractivity contribution in [1.29, 1.82) is 0 Å². The molecule has 0 spiro atoms. The van der Waals surface area contributed by atoms with Crippen LogP contribution in [-0.4, -0.2) is 13.0 Å². The molecule has 6 heteroatoms. The van der Waals surface area contributed by atoms with E-state index in [4.69, 9.17) is 22.1 Å². The largest absolute Gasteiger partial charge is 0.495 e. The van der Waals surface area contributed by atoms with Gasteiger partial charge in [0.15, 0.2) is 0 Å². The number of hydrogen-bond acceptors (Lipinski definition) is 3. The summed E-state index contributed by atoms with van der Waals surface area (Å²) in [7, 11) is 1.52. The third-order valence-electron chi connectivity index (χ3n) is 2.67. The Morgan fingerprint density at radius 1 is 1.30 bits per heavy atom. The third kappa shape index (κ3) is 3.23. The van der Waals surface area contributed by atoms with Crippen LogP contribution >= 0.6 is 27.5 Å². The van der Waals surface area contributed by atoms with E-state index < -0.39 is 0 Å². The normalized spacial score (nSPS) is 10.2. The summed E-state index contributed by atoms with van der Waals surface area (Å²) in [5, 5.41) is 3.24. The predicted molar refractivity (Wildman–Crippen MR) is 84.5 cm³/mol. The standard InChI is InChI=1S/C14H12BrClN2O2/c1-20-13-5-3-9(16)7-12(13)18-14(19)10-4-2-8(15)6-11(10)17/h2-7H,17H2,1H3,(H,18,19). The molecule has 0 bridgehead atoms. The van der Waals surface area contributed by atoms with Crippen LogP contribution < -0.4 is 15.8 Å². The molecule has 0 aliphatic rings. The van der Waals surface area contributed by atoms with Crippen molar-refractivity contribution in [2.45, 2.75) is 0 Å². The SMILES string of the molecule is COc1ccc(Cl)cc1NC(=O)c1ccc(Br)cc1N. The summed E-state index contributed by atoms with van der Waals surface area (Å²) in [6.45, 7) is 0. The van der Waals surface area contributed by atoms with Crippen LogP contribution in [0.2, 0.25) is 5.02 Å². The van der Waals surface area contributed by atoms with Crippen LogP contribution in [0.1, 0.15) is 10.4 Å². The van der Waals surface area contributed by atoms with Gasteiger partial charge in [-0.05, 0) is 36.4 Å².